The van der Waals surface area contributed by atoms with Gasteiger partial charge in [0, 0.05) is 30.2 Å². The molecule has 1 aromatic carbocycles. The third kappa shape index (κ3) is 8.58. The second-order valence-electron chi connectivity index (χ2n) is 13.8. The third-order valence-corrected chi connectivity index (χ3v) is 8.38. The summed E-state index contributed by atoms with van der Waals surface area (Å²) in [5, 5.41) is 14.6. The quantitative estimate of drug-likeness (QED) is 0.233. The molecule has 1 unspecified atom stereocenters. The lowest BCUT2D eigenvalue weighted by Crippen LogP contribution is -2.41. The van der Waals surface area contributed by atoms with E-state index in [1.807, 2.05) is 49.9 Å². The molecule has 0 saturated carbocycles. The highest BCUT2D eigenvalue weighted by molar-refractivity contribution is 6.48. The van der Waals surface area contributed by atoms with Crippen LogP contribution in [-0.4, -0.2) is 48.9 Å². The number of carbonyl (C=O) groups is 1. The lowest BCUT2D eigenvalue weighted by Gasteiger charge is -2.34. The van der Waals surface area contributed by atoms with Crippen LogP contribution in [0, 0.1) is 22.7 Å². The minimum Gasteiger partial charge on any atom is -0.488 e. The number of benzene rings is 1. The van der Waals surface area contributed by atoms with Crippen LogP contribution in [0.4, 0.5) is 4.79 Å². The van der Waals surface area contributed by atoms with Crippen LogP contribution in [0.25, 0.3) is 11.0 Å². The van der Waals surface area contributed by atoms with Crippen LogP contribution in [0.15, 0.2) is 35.0 Å². The number of ether oxygens (including phenoxy) is 2. The average molecular weight is 607 g/mol. The fourth-order valence-corrected chi connectivity index (χ4v) is 6.49. The zero-order valence-electron chi connectivity index (χ0n) is 26.9. The average Bonchev–Trinajstić information content (AvgIpc) is 3.35. The van der Waals surface area contributed by atoms with Crippen molar-refractivity contribution in [3.8, 4) is 11.8 Å². The van der Waals surface area contributed by atoms with E-state index in [0.717, 1.165) is 47.9 Å². The molecule has 3 aromatic rings. The van der Waals surface area contributed by atoms with E-state index in [4.69, 9.17) is 23.7 Å². The first-order chi connectivity index (χ1) is 20.2. The summed E-state index contributed by atoms with van der Waals surface area (Å²) >= 11 is 0. The molecule has 1 fully saturated rings. The van der Waals surface area contributed by atoms with Gasteiger partial charge in [0.15, 0.2) is 14.6 Å². The first-order valence-corrected chi connectivity index (χ1v) is 18.1. The van der Waals surface area contributed by atoms with Gasteiger partial charge in [0.05, 0.1) is 17.4 Å². The molecule has 1 aliphatic rings. The number of amides is 1. The van der Waals surface area contributed by atoms with Gasteiger partial charge in [0.2, 0.25) is 0 Å². The zero-order valence-corrected chi connectivity index (χ0v) is 28.1. The molecular formula is C33H46N4O5Si. The Morgan fingerprint density at radius 2 is 1.86 bits per heavy atom. The van der Waals surface area contributed by atoms with Crippen molar-refractivity contribution in [2.45, 2.75) is 98.6 Å². The Balaban J connectivity index is 1.54. The molecule has 9 nitrogen and oxygen atoms in total. The maximum absolute atomic E-state index is 12.5. The highest BCUT2D eigenvalue weighted by Gasteiger charge is 2.34. The highest BCUT2D eigenvalue weighted by atomic mass is 28.3. The van der Waals surface area contributed by atoms with Crippen LogP contribution in [0.3, 0.4) is 0 Å². The maximum atomic E-state index is 12.5. The summed E-state index contributed by atoms with van der Waals surface area (Å²) in [6.45, 7) is 18.3. The number of carbonyl (C=O) groups excluding carboxylic acids is 1. The molecule has 0 radical (unpaired) electrons. The molecule has 1 saturated heterocycles. The lowest BCUT2D eigenvalue weighted by molar-refractivity contribution is 0.0181. The molecule has 1 aliphatic heterocycles. The van der Waals surface area contributed by atoms with E-state index in [1.165, 1.54) is 0 Å². The van der Waals surface area contributed by atoms with E-state index in [2.05, 4.69) is 44.0 Å². The first kappa shape index (κ1) is 32.5. The van der Waals surface area contributed by atoms with E-state index in [9.17, 15) is 4.79 Å². The number of fused-ring (bicyclic) bond motifs is 1. The number of aryl methyl sites for hydroxylation is 1. The second kappa shape index (κ2) is 13.5. The monoisotopic (exact) mass is 606 g/mol. The van der Waals surface area contributed by atoms with Crippen molar-refractivity contribution in [2.75, 3.05) is 13.1 Å². The van der Waals surface area contributed by atoms with Crippen molar-refractivity contribution in [3.05, 3.63) is 53.0 Å². The molecule has 2 aromatic heterocycles. The van der Waals surface area contributed by atoms with Crippen molar-refractivity contribution in [3.63, 3.8) is 0 Å². The van der Waals surface area contributed by atoms with E-state index < -0.39 is 14.6 Å². The number of pyridine rings is 1. The van der Waals surface area contributed by atoms with Crippen LogP contribution >= 0.6 is 0 Å². The van der Waals surface area contributed by atoms with Crippen LogP contribution in [0.5, 0.6) is 5.75 Å². The van der Waals surface area contributed by atoms with E-state index in [-0.39, 0.29) is 17.6 Å². The predicted molar refractivity (Wildman–Crippen MR) is 168 cm³/mol. The lowest BCUT2D eigenvalue weighted by atomic mass is 9.83. The largest absolute Gasteiger partial charge is 0.488 e. The van der Waals surface area contributed by atoms with Crippen LogP contribution < -0.4 is 4.74 Å². The Morgan fingerprint density at radius 3 is 2.44 bits per heavy atom. The summed E-state index contributed by atoms with van der Waals surface area (Å²) in [6.07, 6.45) is 4.86. The third-order valence-electron chi connectivity index (χ3n) is 7.56. The molecular weight excluding hydrogens is 560 g/mol. The SMILES string of the molecule is C[SiH](C)OC(c1c(OCc2ccc(C#N)nc2)ccc2c(CCC3CCN(C(=O)OC(C)(C)C)CC3)noc12)C(C)(C)C. The maximum Gasteiger partial charge on any atom is 0.410 e. The van der Waals surface area contributed by atoms with Crippen molar-refractivity contribution in [1.82, 2.24) is 15.0 Å². The molecule has 43 heavy (non-hydrogen) atoms. The Labute approximate surface area is 257 Å². The summed E-state index contributed by atoms with van der Waals surface area (Å²) in [5.41, 5.74) is 3.07. The van der Waals surface area contributed by atoms with E-state index >= 15 is 0 Å². The summed E-state index contributed by atoms with van der Waals surface area (Å²) in [5.74, 6) is 1.20. The molecule has 3 heterocycles. The van der Waals surface area contributed by atoms with Gasteiger partial charge in [-0.2, -0.15) is 5.26 Å². The fourth-order valence-electron chi connectivity index (χ4n) is 5.40. The molecule has 0 bridgehead atoms. The minimum atomic E-state index is -1.43. The van der Waals surface area contributed by atoms with Crippen LogP contribution in [0.1, 0.15) is 89.4 Å². The molecule has 232 valence electrons. The molecule has 1 amide bonds. The number of piperidine rings is 1. The highest BCUT2D eigenvalue weighted by Crippen LogP contribution is 2.45. The van der Waals surface area contributed by atoms with Crippen molar-refractivity contribution in [2.24, 2.45) is 11.3 Å². The van der Waals surface area contributed by atoms with Gasteiger partial charge in [0.1, 0.15) is 29.7 Å². The summed E-state index contributed by atoms with van der Waals surface area (Å²) in [4.78, 5) is 18.5. The minimum absolute atomic E-state index is 0.214. The second-order valence-corrected chi connectivity index (χ2v) is 16.2. The predicted octanol–water partition coefficient (Wildman–Crippen LogP) is 7.34. The number of aromatic nitrogens is 2. The molecule has 4 rings (SSSR count). The Hall–Kier alpha value is -3.42. The zero-order chi connectivity index (χ0) is 31.4. The van der Waals surface area contributed by atoms with Gasteiger partial charge in [-0.05, 0) is 89.1 Å². The summed E-state index contributed by atoms with van der Waals surface area (Å²) in [7, 11) is -1.43. The van der Waals surface area contributed by atoms with Gasteiger partial charge in [-0.1, -0.05) is 32.0 Å². The number of likely N-dealkylation sites (tertiary alicyclic amines) is 1. The van der Waals surface area contributed by atoms with E-state index in [1.54, 1.807) is 12.3 Å². The molecule has 0 N–H and O–H groups in total. The normalized spacial score (nSPS) is 15.5. The number of nitrogens with zero attached hydrogens (tertiary/aromatic N) is 4. The number of rotatable bonds is 9. The van der Waals surface area contributed by atoms with Gasteiger partial charge in [-0.3, -0.25) is 0 Å². The van der Waals surface area contributed by atoms with Crippen molar-refractivity contribution >= 4 is 26.1 Å². The molecule has 10 heteroatoms. The van der Waals surface area contributed by atoms with Gasteiger partial charge in [-0.25, -0.2) is 9.78 Å². The Morgan fingerprint density at radius 1 is 1.14 bits per heavy atom. The molecule has 1 atom stereocenters. The number of hydrogen-bond donors (Lipinski definition) is 0. The standard InChI is InChI=1S/C33H46N4O5Si/c1-32(2,3)30(42-43(7)8)28-27(39-21-23-9-11-24(19-34)35-20-23)14-12-25-26(36-41-29(25)28)13-10-22-15-17-37(18-16-22)31(38)40-33(4,5)6/h9,11-12,14,20,22,30,43H,10,13,15-18,21H2,1-8H3. The molecule has 0 aliphatic carbocycles. The van der Waals surface area contributed by atoms with Gasteiger partial charge in [0.25, 0.3) is 0 Å². The van der Waals surface area contributed by atoms with E-state index in [0.29, 0.717) is 42.6 Å². The number of hydrogen-bond acceptors (Lipinski definition) is 8. The Bertz CT molecular complexity index is 1420. The van der Waals surface area contributed by atoms with Gasteiger partial charge >= 0.3 is 6.09 Å². The van der Waals surface area contributed by atoms with Crippen molar-refractivity contribution < 1.29 is 23.2 Å². The fraction of sp³-hybridized carbons (Fsp3) is 0.576. The van der Waals surface area contributed by atoms with Gasteiger partial charge in [-0.15, -0.1) is 0 Å². The Kier molecular flexibility index (Phi) is 10.2. The summed E-state index contributed by atoms with van der Waals surface area (Å²) < 4.78 is 24.6. The van der Waals surface area contributed by atoms with Crippen LogP contribution in [0.2, 0.25) is 13.1 Å². The smallest absolute Gasteiger partial charge is 0.410 e. The molecule has 0 spiro atoms. The first-order valence-electron chi connectivity index (χ1n) is 15.3. The number of nitriles is 1. The van der Waals surface area contributed by atoms with Crippen molar-refractivity contribution in [1.29, 1.82) is 5.26 Å². The van der Waals surface area contributed by atoms with Crippen LogP contribution in [-0.2, 0) is 22.2 Å². The van der Waals surface area contributed by atoms with Gasteiger partial charge < -0.3 is 23.3 Å². The summed E-state index contributed by atoms with van der Waals surface area (Å²) in [6, 6.07) is 9.63. The topological polar surface area (TPSA) is 111 Å².